The lowest BCUT2D eigenvalue weighted by atomic mass is 10.2. The fourth-order valence-corrected chi connectivity index (χ4v) is 2.17. The number of likely N-dealkylation sites (N-methyl/N-ethyl adjacent to an activating group) is 1. The lowest BCUT2D eigenvalue weighted by Gasteiger charge is -2.33. The lowest BCUT2D eigenvalue weighted by molar-refractivity contribution is 0.0637. The van der Waals surface area contributed by atoms with Gasteiger partial charge in [-0.2, -0.15) is 0 Å². The van der Waals surface area contributed by atoms with Crippen LogP contribution < -0.4 is 0 Å². The number of rotatable bonds is 2. The molecule has 20 heavy (non-hydrogen) atoms. The molecule has 1 aliphatic rings. The Kier molecular flexibility index (Phi) is 5.10. The summed E-state index contributed by atoms with van der Waals surface area (Å²) in [5.41, 5.74) is 1.15. The maximum Gasteiger partial charge on any atom is 0.272 e. The number of carbonyl (C=O) groups is 1. The molecule has 5 heteroatoms. The number of amides is 1. The summed E-state index contributed by atoms with van der Waals surface area (Å²) in [7, 11) is 0. The molecule has 1 amide bonds. The second-order valence-electron chi connectivity index (χ2n) is 4.62. The van der Waals surface area contributed by atoms with E-state index in [0.29, 0.717) is 11.3 Å². The standard InChI is InChI=1S/C15H19N3O2/c1-2-17-7-9-18(10-8-17)15(20)14-6-5-13(12-16-14)4-3-11-19/h5-6,12,19H,2,7-11H2,1H3. The van der Waals surface area contributed by atoms with E-state index in [1.807, 2.05) is 4.90 Å². The molecule has 0 saturated carbocycles. The first-order chi connectivity index (χ1) is 9.74. The summed E-state index contributed by atoms with van der Waals surface area (Å²) < 4.78 is 0. The van der Waals surface area contributed by atoms with Gasteiger partial charge in [-0.25, -0.2) is 4.98 Å². The van der Waals surface area contributed by atoms with Crippen LogP contribution in [-0.4, -0.2) is 65.1 Å². The number of hydrogen-bond donors (Lipinski definition) is 1. The zero-order chi connectivity index (χ0) is 14.4. The van der Waals surface area contributed by atoms with Gasteiger partial charge in [0.1, 0.15) is 12.3 Å². The van der Waals surface area contributed by atoms with E-state index in [9.17, 15) is 4.79 Å². The van der Waals surface area contributed by atoms with Crippen molar-refractivity contribution in [3.05, 3.63) is 29.6 Å². The molecule has 106 valence electrons. The van der Waals surface area contributed by atoms with E-state index in [1.165, 1.54) is 0 Å². The molecular formula is C15H19N3O2. The zero-order valence-electron chi connectivity index (χ0n) is 11.7. The Morgan fingerprint density at radius 2 is 2.10 bits per heavy atom. The van der Waals surface area contributed by atoms with Gasteiger partial charge in [-0.15, -0.1) is 0 Å². The topological polar surface area (TPSA) is 56.7 Å². The molecule has 0 bridgehead atoms. The summed E-state index contributed by atoms with van der Waals surface area (Å²) in [5, 5.41) is 8.62. The molecule has 5 nitrogen and oxygen atoms in total. The average Bonchev–Trinajstić information content (AvgIpc) is 2.53. The van der Waals surface area contributed by atoms with Crippen molar-refractivity contribution in [2.24, 2.45) is 0 Å². The zero-order valence-corrected chi connectivity index (χ0v) is 11.7. The smallest absolute Gasteiger partial charge is 0.272 e. The fraction of sp³-hybridized carbons (Fsp3) is 0.467. The predicted octanol–water partition coefficient (Wildman–Crippen LogP) is 0.203. The first-order valence-electron chi connectivity index (χ1n) is 6.82. The Hall–Kier alpha value is -1.90. The van der Waals surface area contributed by atoms with Gasteiger partial charge in [0.05, 0.1) is 0 Å². The van der Waals surface area contributed by atoms with Crippen LogP contribution in [0, 0.1) is 11.8 Å². The Balaban J connectivity index is 1.99. The van der Waals surface area contributed by atoms with E-state index in [2.05, 4.69) is 28.6 Å². The van der Waals surface area contributed by atoms with Crippen molar-refractivity contribution in [3.8, 4) is 11.8 Å². The second kappa shape index (κ2) is 7.04. The molecule has 0 spiro atoms. The van der Waals surface area contributed by atoms with Crippen molar-refractivity contribution < 1.29 is 9.90 Å². The van der Waals surface area contributed by atoms with Crippen LogP contribution in [-0.2, 0) is 0 Å². The lowest BCUT2D eigenvalue weighted by Crippen LogP contribution is -2.48. The van der Waals surface area contributed by atoms with Crippen molar-refractivity contribution in [2.45, 2.75) is 6.92 Å². The largest absolute Gasteiger partial charge is 0.384 e. The summed E-state index contributed by atoms with van der Waals surface area (Å²) in [5.74, 6) is 5.29. The third kappa shape index (κ3) is 3.56. The number of aromatic nitrogens is 1. The quantitative estimate of drug-likeness (QED) is 0.782. The third-order valence-corrected chi connectivity index (χ3v) is 3.40. The molecule has 1 aliphatic heterocycles. The van der Waals surface area contributed by atoms with Crippen LogP contribution in [0.2, 0.25) is 0 Å². The molecule has 1 fully saturated rings. The van der Waals surface area contributed by atoms with E-state index in [0.717, 1.165) is 32.7 Å². The number of piperazine rings is 1. The molecule has 0 aromatic carbocycles. The minimum atomic E-state index is -0.178. The molecule has 0 atom stereocenters. The van der Waals surface area contributed by atoms with Crippen molar-refractivity contribution in [1.29, 1.82) is 0 Å². The highest BCUT2D eigenvalue weighted by atomic mass is 16.2. The SMILES string of the molecule is CCN1CCN(C(=O)c2ccc(C#CCO)cn2)CC1. The predicted molar refractivity (Wildman–Crippen MR) is 76.2 cm³/mol. The van der Waals surface area contributed by atoms with Gasteiger partial charge in [0.2, 0.25) is 0 Å². The number of carbonyl (C=O) groups excluding carboxylic acids is 1. The van der Waals surface area contributed by atoms with Gasteiger partial charge in [-0.05, 0) is 18.7 Å². The molecule has 1 N–H and O–H groups in total. The summed E-state index contributed by atoms with van der Waals surface area (Å²) in [6.45, 7) is 6.32. The molecule has 1 aromatic rings. The number of aliphatic hydroxyl groups is 1. The van der Waals surface area contributed by atoms with E-state index < -0.39 is 0 Å². The van der Waals surface area contributed by atoms with Crippen molar-refractivity contribution in [2.75, 3.05) is 39.3 Å². The Labute approximate surface area is 119 Å². The second-order valence-corrected chi connectivity index (χ2v) is 4.62. The van der Waals surface area contributed by atoms with Crippen LogP contribution in [0.5, 0.6) is 0 Å². The van der Waals surface area contributed by atoms with Crippen molar-refractivity contribution in [1.82, 2.24) is 14.8 Å². The molecule has 2 rings (SSSR count). The first kappa shape index (κ1) is 14.5. The van der Waals surface area contributed by atoms with Gasteiger partial charge in [0, 0.05) is 37.9 Å². The van der Waals surface area contributed by atoms with E-state index in [1.54, 1.807) is 18.3 Å². The highest BCUT2D eigenvalue weighted by Gasteiger charge is 2.21. The van der Waals surface area contributed by atoms with Crippen LogP contribution in [0.1, 0.15) is 23.0 Å². The molecule has 0 aliphatic carbocycles. The van der Waals surface area contributed by atoms with Crippen LogP contribution in [0.3, 0.4) is 0 Å². The normalized spacial score (nSPS) is 15.6. The van der Waals surface area contributed by atoms with E-state index in [-0.39, 0.29) is 12.5 Å². The number of aliphatic hydroxyl groups excluding tert-OH is 1. The van der Waals surface area contributed by atoms with Crippen LogP contribution in [0.4, 0.5) is 0 Å². The minimum absolute atomic E-state index is 0.0255. The van der Waals surface area contributed by atoms with Crippen LogP contribution in [0.25, 0.3) is 0 Å². The van der Waals surface area contributed by atoms with Crippen molar-refractivity contribution in [3.63, 3.8) is 0 Å². The molecule has 1 saturated heterocycles. The molecule has 0 unspecified atom stereocenters. The maximum atomic E-state index is 12.3. The summed E-state index contributed by atoms with van der Waals surface area (Å²) in [4.78, 5) is 20.6. The summed E-state index contributed by atoms with van der Waals surface area (Å²) in [6, 6.07) is 3.45. The Morgan fingerprint density at radius 3 is 2.65 bits per heavy atom. The van der Waals surface area contributed by atoms with Gasteiger partial charge < -0.3 is 14.9 Å². The van der Waals surface area contributed by atoms with Crippen molar-refractivity contribution >= 4 is 5.91 Å². The Morgan fingerprint density at radius 1 is 1.35 bits per heavy atom. The highest BCUT2D eigenvalue weighted by Crippen LogP contribution is 2.07. The van der Waals surface area contributed by atoms with Gasteiger partial charge in [-0.1, -0.05) is 18.8 Å². The van der Waals surface area contributed by atoms with E-state index >= 15 is 0 Å². The van der Waals surface area contributed by atoms with Gasteiger partial charge in [0.15, 0.2) is 0 Å². The maximum absolute atomic E-state index is 12.3. The monoisotopic (exact) mass is 273 g/mol. The summed E-state index contributed by atoms with van der Waals surface area (Å²) >= 11 is 0. The average molecular weight is 273 g/mol. The molecule has 2 heterocycles. The van der Waals surface area contributed by atoms with Gasteiger partial charge in [0.25, 0.3) is 5.91 Å². The molecule has 1 aromatic heterocycles. The number of nitrogens with zero attached hydrogens (tertiary/aromatic N) is 3. The number of hydrogen-bond acceptors (Lipinski definition) is 4. The van der Waals surface area contributed by atoms with Crippen LogP contribution in [0.15, 0.2) is 18.3 Å². The van der Waals surface area contributed by atoms with Crippen LogP contribution >= 0.6 is 0 Å². The molecular weight excluding hydrogens is 254 g/mol. The Bertz CT molecular complexity index is 508. The number of pyridine rings is 1. The van der Waals surface area contributed by atoms with E-state index in [4.69, 9.17) is 5.11 Å². The van der Waals surface area contributed by atoms with Gasteiger partial charge in [-0.3, -0.25) is 4.79 Å². The summed E-state index contributed by atoms with van der Waals surface area (Å²) in [6.07, 6.45) is 1.57. The first-order valence-corrected chi connectivity index (χ1v) is 6.82. The molecule has 0 radical (unpaired) electrons. The highest BCUT2D eigenvalue weighted by molar-refractivity contribution is 5.92. The third-order valence-electron chi connectivity index (χ3n) is 3.40. The van der Waals surface area contributed by atoms with Gasteiger partial charge >= 0.3 is 0 Å². The minimum Gasteiger partial charge on any atom is -0.384 e. The fourth-order valence-electron chi connectivity index (χ4n) is 2.17.